The zero-order valence-electron chi connectivity index (χ0n) is 10.4. The first-order valence-corrected chi connectivity index (χ1v) is 5.40. The maximum Gasteiger partial charge on any atom is 0.412 e. The van der Waals surface area contributed by atoms with E-state index in [1.165, 1.54) is 0 Å². The van der Waals surface area contributed by atoms with Crippen LogP contribution in [0.3, 0.4) is 0 Å². The second kappa shape index (κ2) is 5.05. The lowest BCUT2D eigenvalue weighted by Crippen LogP contribution is -2.27. The number of hydrogen-bond donors (Lipinski definition) is 3. The van der Waals surface area contributed by atoms with Gasteiger partial charge in [0.05, 0.1) is 11.4 Å². The lowest BCUT2D eigenvalue weighted by atomic mass is 10.2. The number of benzene rings is 1. The molecule has 0 saturated heterocycles. The normalized spacial score (nSPS) is 11.1. The van der Waals surface area contributed by atoms with Crippen LogP contribution >= 0.6 is 0 Å². The lowest BCUT2D eigenvalue weighted by Gasteiger charge is -2.20. The molecule has 1 rings (SSSR count). The molecule has 5 N–H and O–H groups in total. The molecule has 0 aliphatic heterocycles. The van der Waals surface area contributed by atoms with E-state index < -0.39 is 11.7 Å². The summed E-state index contributed by atoms with van der Waals surface area (Å²) in [5, 5.41) is 2.59. The zero-order valence-corrected chi connectivity index (χ0v) is 10.4. The van der Waals surface area contributed by atoms with Crippen LogP contribution in [0.4, 0.5) is 16.2 Å². The van der Waals surface area contributed by atoms with Gasteiger partial charge in [-0.3, -0.25) is 5.32 Å². The molecule has 0 unspecified atom stereocenters. The quantitative estimate of drug-likeness (QED) is 0.687. The van der Waals surface area contributed by atoms with Crippen LogP contribution in [0.1, 0.15) is 26.3 Å². The number of nitrogens with two attached hydrogens (primary N) is 2. The van der Waals surface area contributed by atoms with Crippen molar-refractivity contribution in [1.82, 2.24) is 0 Å². The molecule has 0 aromatic heterocycles. The van der Waals surface area contributed by atoms with Crippen molar-refractivity contribution in [3.63, 3.8) is 0 Å². The number of nitrogens with one attached hydrogen (secondary N) is 1. The summed E-state index contributed by atoms with van der Waals surface area (Å²) in [6.45, 7) is 5.81. The molecule has 5 nitrogen and oxygen atoms in total. The Labute approximate surface area is 101 Å². The molecule has 0 bridgehead atoms. The Morgan fingerprint density at radius 2 is 2.06 bits per heavy atom. The first kappa shape index (κ1) is 13.3. The summed E-state index contributed by atoms with van der Waals surface area (Å²) in [5.41, 5.74) is 12.6. The SMILES string of the molecule is CC(C)(C)OC(=O)Nc1ccc(CN)cc1N. The first-order chi connectivity index (χ1) is 7.81. The van der Waals surface area contributed by atoms with E-state index in [1.807, 2.05) is 6.07 Å². The number of rotatable bonds is 2. The maximum atomic E-state index is 11.5. The average molecular weight is 237 g/mol. The van der Waals surface area contributed by atoms with Crippen LogP contribution in [0.5, 0.6) is 0 Å². The summed E-state index contributed by atoms with van der Waals surface area (Å²) in [6, 6.07) is 5.25. The topological polar surface area (TPSA) is 90.4 Å². The fraction of sp³-hybridized carbons (Fsp3) is 0.417. The van der Waals surface area contributed by atoms with E-state index in [0.717, 1.165) is 5.56 Å². The van der Waals surface area contributed by atoms with Crippen molar-refractivity contribution in [3.05, 3.63) is 23.8 Å². The zero-order chi connectivity index (χ0) is 13.1. The first-order valence-electron chi connectivity index (χ1n) is 5.40. The van der Waals surface area contributed by atoms with Crippen LogP contribution in [0, 0.1) is 0 Å². The molecule has 0 radical (unpaired) electrons. The highest BCUT2D eigenvalue weighted by atomic mass is 16.6. The predicted molar refractivity (Wildman–Crippen MR) is 68.6 cm³/mol. The summed E-state index contributed by atoms with van der Waals surface area (Å²) in [6.07, 6.45) is -0.523. The Morgan fingerprint density at radius 1 is 1.41 bits per heavy atom. The standard InChI is InChI=1S/C12H19N3O2/c1-12(2,3)17-11(16)15-10-5-4-8(7-13)6-9(10)14/h4-6H,7,13-14H2,1-3H3,(H,15,16). The van der Waals surface area contributed by atoms with Gasteiger partial charge in [-0.2, -0.15) is 0 Å². The molecule has 0 spiro atoms. The van der Waals surface area contributed by atoms with Crippen molar-refractivity contribution < 1.29 is 9.53 Å². The Bertz CT molecular complexity index is 411. The van der Waals surface area contributed by atoms with Gasteiger partial charge in [0.25, 0.3) is 0 Å². The van der Waals surface area contributed by atoms with Gasteiger partial charge in [0, 0.05) is 6.54 Å². The largest absolute Gasteiger partial charge is 0.444 e. The van der Waals surface area contributed by atoms with Gasteiger partial charge in [-0.1, -0.05) is 6.07 Å². The third-order valence-electron chi connectivity index (χ3n) is 1.99. The molecule has 0 fully saturated rings. The number of anilines is 2. The van der Waals surface area contributed by atoms with Crippen molar-refractivity contribution >= 4 is 17.5 Å². The molecular weight excluding hydrogens is 218 g/mol. The Kier molecular flexibility index (Phi) is 3.96. The Balaban J connectivity index is 2.72. The van der Waals surface area contributed by atoms with E-state index in [1.54, 1.807) is 32.9 Å². The van der Waals surface area contributed by atoms with Gasteiger partial charge >= 0.3 is 6.09 Å². The van der Waals surface area contributed by atoms with Crippen LogP contribution < -0.4 is 16.8 Å². The van der Waals surface area contributed by atoms with Gasteiger partial charge in [0.2, 0.25) is 0 Å². The van der Waals surface area contributed by atoms with E-state index in [2.05, 4.69) is 5.32 Å². The van der Waals surface area contributed by atoms with Crippen LogP contribution in [0.2, 0.25) is 0 Å². The summed E-state index contributed by atoms with van der Waals surface area (Å²) >= 11 is 0. The van der Waals surface area contributed by atoms with Crippen molar-refractivity contribution in [2.24, 2.45) is 5.73 Å². The minimum absolute atomic E-state index is 0.414. The molecule has 0 aliphatic carbocycles. The summed E-state index contributed by atoms with van der Waals surface area (Å²) in [5.74, 6) is 0. The number of hydrogen-bond acceptors (Lipinski definition) is 4. The molecule has 0 saturated carbocycles. The smallest absolute Gasteiger partial charge is 0.412 e. The molecule has 1 aromatic carbocycles. The second-order valence-electron chi connectivity index (χ2n) is 4.75. The van der Waals surface area contributed by atoms with E-state index in [-0.39, 0.29) is 0 Å². The van der Waals surface area contributed by atoms with E-state index >= 15 is 0 Å². The highest BCUT2D eigenvalue weighted by molar-refractivity contribution is 5.89. The van der Waals surface area contributed by atoms with Crippen molar-refractivity contribution in [3.8, 4) is 0 Å². The minimum atomic E-state index is -0.532. The van der Waals surface area contributed by atoms with Gasteiger partial charge in [-0.15, -0.1) is 0 Å². The molecule has 0 heterocycles. The molecule has 0 aliphatic rings. The molecule has 5 heteroatoms. The van der Waals surface area contributed by atoms with Crippen LogP contribution in [-0.4, -0.2) is 11.7 Å². The number of carbonyl (C=O) groups is 1. The van der Waals surface area contributed by atoms with Crippen LogP contribution in [-0.2, 0) is 11.3 Å². The number of nitrogen functional groups attached to an aromatic ring is 1. The van der Waals surface area contributed by atoms with E-state index in [4.69, 9.17) is 16.2 Å². The van der Waals surface area contributed by atoms with Crippen molar-refractivity contribution in [2.45, 2.75) is 32.9 Å². The average Bonchev–Trinajstić information content (AvgIpc) is 2.18. The van der Waals surface area contributed by atoms with Crippen LogP contribution in [0.15, 0.2) is 18.2 Å². The monoisotopic (exact) mass is 237 g/mol. The highest BCUT2D eigenvalue weighted by Gasteiger charge is 2.16. The van der Waals surface area contributed by atoms with Gasteiger partial charge in [0.15, 0.2) is 0 Å². The Hall–Kier alpha value is -1.75. The van der Waals surface area contributed by atoms with E-state index in [9.17, 15) is 4.79 Å². The van der Waals surface area contributed by atoms with Gasteiger partial charge in [-0.05, 0) is 38.5 Å². The van der Waals surface area contributed by atoms with Crippen molar-refractivity contribution in [1.29, 1.82) is 0 Å². The predicted octanol–water partition coefficient (Wildman–Crippen LogP) is 2.07. The molecular formula is C12H19N3O2. The van der Waals surface area contributed by atoms with Gasteiger partial charge < -0.3 is 16.2 Å². The molecule has 1 aromatic rings. The third-order valence-corrected chi connectivity index (χ3v) is 1.99. The Morgan fingerprint density at radius 3 is 2.53 bits per heavy atom. The summed E-state index contributed by atoms with van der Waals surface area (Å²) in [4.78, 5) is 11.5. The van der Waals surface area contributed by atoms with Crippen molar-refractivity contribution in [2.75, 3.05) is 11.1 Å². The lowest BCUT2D eigenvalue weighted by molar-refractivity contribution is 0.0636. The number of ether oxygens (including phenoxy) is 1. The molecule has 0 atom stereocenters. The summed E-state index contributed by atoms with van der Waals surface area (Å²) in [7, 11) is 0. The maximum absolute atomic E-state index is 11.5. The highest BCUT2D eigenvalue weighted by Crippen LogP contribution is 2.20. The third kappa shape index (κ3) is 4.32. The molecule has 17 heavy (non-hydrogen) atoms. The number of carbonyl (C=O) groups excluding carboxylic acids is 1. The number of amides is 1. The minimum Gasteiger partial charge on any atom is -0.444 e. The second-order valence-corrected chi connectivity index (χ2v) is 4.75. The van der Waals surface area contributed by atoms with Gasteiger partial charge in [-0.25, -0.2) is 4.79 Å². The van der Waals surface area contributed by atoms with Gasteiger partial charge in [0.1, 0.15) is 5.60 Å². The summed E-state index contributed by atoms with van der Waals surface area (Å²) < 4.78 is 5.12. The fourth-order valence-electron chi connectivity index (χ4n) is 1.27. The fourth-order valence-corrected chi connectivity index (χ4v) is 1.27. The molecule has 94 valence electrons. The molecule has 1 amide bonds. The van der Waals surface area contributed by atoms with Crippen LogP contribution in [0.25, 0.3) is 0 Å². The van der Waals surface area contributed by atoms with E-state index in [0.29, 0.717) is 17.9 Å².